The number of aryl methyl sites for hydroxylation is 1. The van der Waals surface area contributed by atoms with Crippen LogP contribution in [0.3, 0.4) is 0 Å². The van der Waals surface area contributed by atoms with Crippen LogP contribution >= 0.6 is 12.2 Å². The zero-order valence-corrected chi connectivity index (χ0v) is 8.93. The van der Waals surface area contributed by atoms with Crippen LogP contribution in [0.15, 0.2) is 22.8 Å². The molecule has 0 radical (unpaired) electrons. The van der Waals surface area contributed by atoms with Gasteiger partial charge in [0.1, 0.15) is 5.76 Å². The summed E-state index contributed by atoms with van der Waals surface area (Å²) in [7, 11) is 0. The predicted octanol–water partition coefficient (Wildman–Crippen LogP) is 0.939. The van der Waals surface area contributed by atoms with Crippen molar-refractivity contribution in [1.29, 1.82) is 0 Å². The number of hydrogen-bond donors (Lipinski definition) is 3. The number of nitrogens with two attached hydrogens (primary N) is 1. The molecular formula is C9H15N3OS. The third-order valence-electron chi connectivity index (χ3n) is 1.91. The summed E-state index contributed by atoms with van der Waals surface area (Å²) in [6.45, 7) is 2.05. The average Bonchev–Trinajstić information content (AvgIpc) is 2.67. The molecule has 0 aliphatic heterocycles. The molecule has 0 saturated carbocycles. The molecule has 4 N–H and O–H groups in total. The first-order valence-corrected chi connectivity index (χ1v) is 4.92. The van der Waals surface area contributed by atoms with E-state index in [1.807, 2.05) is 19.1 Å². The van der Waals surface area contributed by atoms with Gasteiger partial charge in [0.2, 0.25) is 0 Å². The summed E-state index contributed by atoms with van der Waals surface area (Å²) in [5.74, 6) is 6.13. The molecule has 1 atom stereocenters. The highest BCUT2D eigenvalue weighted by molar-refractivity contribution is 7.80. The van der Waals surface area contributed by atoms with E-state index in [1.165, 1.54) is 0 Å². The fraction of sp³-hybridized carbons (Fsp3) is 0.444. The average molecular weight is 213 g/mol. The van der Waals surface area contributed by atoms with Gasteiger partial charge in [-0.2, -0.15) is 0 Å². The molecule has 5 heteroatoms. The summed E-state index contributed by atoms with van der Waals surface area (Å²) < 4.78 is 5.21. The minimum absolute atomic E-state index is 0.281. The van der Waals surface area contributed by atoms with E-state index < -0.39 is 0 Å². The molecule has 14 heavy (non-hydrogen) atoms. The Balaban J connectivity index is 2.21. The van der Waals surface area contributed by atoms with Crippen molar-refractivity contribution in [1.82, 2.24) is 10.7 Å². The van der Waals surface area contributed by atoms with Crippen LogP contribution in [0.4, 0.5) is 0 Å². The summed E-state index contributed by atoms with van der Waals surface area (Å²) in [5.41, 5.74) is 2.39. The van der Waals surface area contributed by atoms with Gasteiger partial charge in [-0.05, 0) is 37.7 Å². The standard InChI is InChI=1S/C9H15N3OS/c1-7(11-9(14)12-10)4-5-8-3-2-6-13-8/h2-3,6-7H,4-5,10H2,1H3,(H2,11,12,14). The molecule has 0 aliphatic rings. The van der Waals surface area contributed by atoms with E-state index in [0.29, 0.717) is 5.11 Å². The lowest BCUT2D eigenvalue weighted by molar-refractivity contribution is 0.482. The van der Waals surface area contributed by atoms with Crippen molar-refractivity contribution in [2.45, 2.75) is 25.8 Å². The Bertz CT molecular complexity index is 274. The summed E-state index contributed by atoms with van der Waals surface area (Å²) in [6.07, 6.45) is 3.53. The number of hydrazine groups is 1. The van der Waals surface area contributed by atoms with Crippen LogP contribution < -0.4 is 16.6 Å². The first-order chi connectivity index (χ1) is 6.72. The van der Waals surface area contributed by atoms with Gasteiger partial charge >= 0.3 is 0 Å². The monoisotopic (exact) mass is 213 g/mol. The number of nitrogens with one attached hydrogen (secondary N) is 2. The van der Waals surface area contributed by atoms with Crippen molar-refractivity contribution in [3.8, 4) is 0 Å². The second kappa shape index (κ2) is 5.62. The van der Waals surface area contributed by atoms with Crippen LogP contribution in [-0.2, 0) is 6.42 Å². The van der Waals surface area contributed by atoms with Gasteiger partial charge in [-0.3, -0.25) is 0 Å². The van der Waals surface area contributed by atoms with E-state index in [4.69, 9.17) is 22.5 Å². The summed E-state index contributed by atoms with van der Waals surface area (Å²) in [6, 6.07) is 4.13. The van der Waals surface area contributed by atoms with Crippen LogP contribution in [0.5, 0.6) is 0 Å². The maximum absolute atomic E-state index is 5.21. The molecule has 0 amide bonds. The highest BCUT2D eigenvalue weighted by atomic mass is 32.1. The molecule has 4 nitrogen and oxygen atoms in total. The quantitative estimate of drug-likeness (QED) is 0.395. The Kier molecular flexibility index (Phi) is 4.42. The molecule has 1 rings (SSSR count). The molecule has 1 aromatic rings. The Labute approximate surface area is 88.8 Å². The van der Waals surface area contributed by atoms with Crippen molar-refractivity contribution in [3.05, 3.63) is 24.2 Å². The minimum atomic E-state index is 0.281. The van der Waals surface area contributed by atoms with Gasteiger partial charge < -0.3 is 15.2 Å². The molecule has 1 unspecified atom stereocenters. The second-order valence-electron chi connectivity index (χ2n) is 3.14. The van der Waals surface area contributed by atoms with Gasteiger partial charge in [0.25, 0.3) is 0 Å². The van der Waals surface area contributed by atoms with Crippen molar-refractivity contribution < 1.29 is 4.42 Å². The van der Waals surface area contributed by atoms with Crippen LogP contribution in [0.2, 0.25) is 0 Å². The van der Waals surface area contributed by atoms with Crippen LogP contribution in [0.25, 0.3) is 0 Å². The fourth-order valence-corrected chi connectivity index (χ4v) is 1.35. The zero-order valence-electron chi connectivity index (χ0n) is 8.12. The molecule has 0 spiro atoms. The van der Waals surface area contributed by atoms with Crippen LogP contribution in [0.1, 0.15) is 19.1 Å². The Morgan fingerprint density at radius 1 is 1.71 bits per heavy atom. The van der Waals surface area contributed by atoms with Crippen molar-refractivity contribution in [2.24, 2.45) is 5.84 Å². The minimum Gasteiger partial charge on any atom is -0.469 e. The van der Waals surface area contributed by atoms with Crippen LogP contribution in [-0.4, -0.2) is 11.2 Å². The highest BCUT2D eigenvalue weighted by Gasteiger charge is 2.04. The predicted molar refractivity (Wildman–Crippen MR) is 59.5 cm³/mol. The van der Waals surface area contributed by atoms with Gasteiger partial charge in [-0.15, -0.1) is 0 Å². The van der Waals surface area contributed by atoms with E-state index in [2.05, 4.69) is 10.7 Å². The Hall–Kier alpha value is -1.07. The zero-order chi connectivity index (χ0) is 10.4. The van der Waals surface area contributed by atoms with E-state index >= 15 is 0 Å². The largest absolute Gasteiger partial charge is 0.469 e. The number of hydrogen-bond acceptors (Lipinski definition) is 3. The fourth-order valence-electron chi connectivity index (χ4n) is 1.15. The van der Waals surface area contributed by atoms with Gasteiger partial charge in [0, 0.05) is 12.5 Å². The summed E-state index contributed by atoms with van der Waals surface area (Å²) >= 11 is 4.88. The van der Waals surface area contributed by atoms with Gasteiger partial charge in [0.15, 0.2) is 5.11 Å². The van der Waals surface area contributed by atoms with Gasteiger partial charge in [0.05, 0.1) is 6.26 Å². The molecule has 0 saturated heterocycles. The highest BCUT2D eigenvalue weighted by Crippen LogP contribution is 2.05. The molecule has 0 fully saturated rings. The third-order valence-corrected chi connectivity index (χ3v) is 2.15. The van der Waals surface area contributed by atoms with Crippen molar-refractivity contribution in [3.63, 3.8) is 0 Å². The molecule has 0 aliphatic carbocycles. The topological polar surface area (TPSA) is 63.2 Å². The maximum Gasteiger partial charge on any atom is 0.180 e. The van der Waals surface area contributed by atoms with Crippen molar-refractivity contribution >= 4 is 17.3 Å². The molecule has 0 aromatic carbocycles. The first kappa shape index (κ1) is 11.0. The smallest absolute Gasteiger partial charge is 0.180 e. The number of furan rings is 1. The normalized spacial score (nSPS) is 12.1. The molecule has 1 heterocycles. The van der Waals surface area contributed by atoms with E-state index in [1.54, 1.807) is 6.26 Å². The summed E-state index contributed by atoms with van der Waals surface area (Å²) in [4.78, 5) is 0. The Morgan fingerprint density at radius 2 is 2.50 bits per heavy atom. The molecule has 78 valence electrons. The van der Waals surface area contributed by atoms with E-state index in [-0.39, 0.29) is 6.04 Å². The van der Waals surface area contributed by atoms with Crippen LogP contribution in [0, 0.1) is 0 Å². The van der Waals surface area contributed by atoms with E-state index in [0.717, 1.165) is 18.6 Å². The maximum atomic E-state index is 5.21. The Morgan fingerprint density at radius 3 is 3.07 bits per heavy atom. The SMILES string of the molecule is CC(CCc1ccco1)NC(=S)NN. The third kappa shape index (κ3) is 3.76. The molecule has 0 bridgehead atoms. The molecule has 1 aromatic heterocycles. The second-order valence-corrected chi connectivity index (χ2v) is 3.55. The molecular weight excluding hydrogens is 198 g/mol. The van der Waals surface area contributed by atoms with E-state index in [9.17, 15) is 0 Å². The number of rotatable bonds is 4. The number of thiocarbonyl (C=S) groups is 1. The lowest BCUT2D eigenvalue weighted by Gasteiger charge is -2.14. The van der Waals surface area contributed by atoms with Gasteiger partial charge in [-0.25, -0.2) is 5.84 Å². The lowest BCUT2D eigenvalue weighted by Crippen LogP contribution is -2.43. The van der Waals surface area contributed by atoms with Gasteiger partial charge in [-0.1, -0.05) is 0 Å². The summed E-state index contributed by atoms with van der Waals surface area (Å²) in [5, 5.41) is 3.52. The van der Waals surface area contributed by atoms with Crippen molar-refractivity contribution in [2.75, 3.05) is 0 Å². The first-order valence-electron chi connectivity index (χ1n) is 4.52. The lowest BCUT2D eigenvalue weighted by atomic mass is 10.1.